The van der Waals surface area contributed by atoms with Crippen molar-refractivity contribution in [1.29, 1.82) is 0 Å². The summed E-state index contributed by atoms with van der Waals surface area (Å²) < 4.78 is 5.33. The highest BCUT2D eigenvalue weighted by molar-refractivity contribution is 6.02. The minimum Gasteiger partial charge on any atom is -0.367 e. The molecule has 3 rings (SSSR count). The van der Waals surface area contributed by atoms with Crippen LogP contribution >= 0.6 is 0 Å². The number of para-hydroxylation sites is 1. The van der Waals surface area contributed by atoms with E-state index >= 15 is 0 Å². The van der Waals surface area contributed by atoms with Crippen LogP contribution in [0.4, 0.5) is 5.69 Å². The number of ether oxygens (including phenoxy) is 1. The molecule has 2 heterocycles. The number of anilines is 1. The average molecular weight is 330 g/mol. The van der Waals surface area contributed by atoms with Gasteiger partial charge in [0, 0.05) is 18.1 Å². The quantitative estimate of drug-likeness (QED) is 0.467. The molecule has 0 unspecified atom stereocenters. The standard InChI is InChI=1S/C16H18N4O4/c21-14(20-23)9-24-11-7-13(18-8-11)16(22)19-12-5-1-3-10-4-2-6-17-15(10)12/h1-6,11,13,18,23H,7-9H2,(H,19,22)(H,20,21)/t11-,13+/m1/s1. The van der Waals surface area contributed by atoms with Crippen LogP contribution in [0.15, 0.2) is 36.5 Å². The Labute approximate surface area is 138 Å². The molecule has 1 aliphatic heterocycles. The van der Waals surface area contributed by atoms with Crippen molar-refractivity contribution in [2.75, 3.05) is 18.5 Å². The van der Waals surface area contributed by atoms with Crippen molar-refractivity contribution in [2.24, 2.45) is 0 Å². The van der Waals surface area contributed by atoms with Gasteiger partial charge in [-0.2, -0.15) is 0 Å². The van der Waals surface area contributed by atoms with Gasteiger partial charge in [-0.1, -0.05) is 18.2 Å². The van der Waals surface area contributed by atoms with Crippen LogP contribution in [0.3, 0.4) is 0 Å². The second-order valence-electron chi connectivity index (χ2n) is 5.53. The van der Waals surface area contributed by atoms with Gasteiger partial charge in [-0.25, -0.2) is 5.48 Å². The van der Waals surface area contributed by atoms with Crippen molar-refractivity contribution in [2.45, 2.75) is 18.6 Å². The molecule has 2 aromatic rings. The molecule has 2 atom stereocenters. The fraction of sp³-hybridized carbons (Fsp3) is 0.312. The fourth-order valence-corrected chi connectivity index (χ4v) is 2.68. The number of fused-ring (bicyclic) bond motifs is 1. The topological polar surface area (TPSA) is 113 Å². The summed E-state index contributed by atoms with van der Waals surface area (Å²) >= 11 is 0. The van der Waals surface area contributed by atoms with Crippen molar-refractivity contribution in [1.82, 2.24) is 15.8 Å². The van der Waals surface area contributed by atoms with Gasteiger partial charge in [0.25, 0.3) is 5.91 Å². The average Bonchev–Trinajstić information content (AvgIpc) is 3.09. The number of aromatic nitrogens is 1. The first-order valence-electron chi connectivity index (χ1n) is 7.60. The minimum atomic E-state index is -0.621. The highest BCUT2D eigenvalue weighted by Gasteiger charge is 2.30. The van der Waals surface area contributed by atoms with Gasteiger partial charge in [0.2, 0.25) is 5.91 Å². The summed E-state index contributed by atoms with van der Waals surface area (Å²) in [6.07, 6.45) is 1.87. The van der Waals surface area contributed by atoms with Crippen molar-refractivity contribution in [3.05, 3.63) is 36.5 Å². The van der Waals surface area contributed by atoms with Crippen LogP contribution in [0.5, 0.6) is 0 Å². The predicted octanol–water partition coefficient (Wildman–Crippen LogP) is 0.426. The molecule has 1 aromatic carbocycles. The molecule has 2 amide bonds. The van der Waals surface area contributed by atoms with E-state index in [0.29, 0.717) is 18.7 Å². The molecule has 126 valence electrons. The number of nitrogens with zero attached hydrogens (tertiary/aromatic N) is 1. The Bertz CT molecular complexity index is 746. The number of hydroxylamine groups is 1. The lowest BCUT2D eigenvalue weighted by molar-refractivity contribution is -0.135. The van der Waals surface area contributed by atoms with Crippen LogP contribution in [0.25, 0.3) is 10.9 Å². The van der Waals surface area contributed by atoms with Crippen molar-refractivity contribution in [3.8, 4) is 0 Å². The SMILES string of the molecule is O=C(CO[C@H]1CN[C@H](C(=O)Nc2cccc3cccnc23)C1)NO. The van der Waals surface area contributed by atoms with E-state index in [4.69, 9.17) is 9.94 Å². The van der Waals surface area contributed by atoms with Gasteiger partial charge < -0.3 is 15.4 Å². The molecule has 1 aliphatic rings. The highest BCUT2D eigenvalue weighted by atomic mass is 16.5. The molecule has 4 N–H and O–H groups in total. The lowest BCUT2D eigenvalue weighted by Gasteiger charge is -2.13. The maximum absolute atomic E-state index is 12.4. The smallest absolute Gasteiger partial charge is 0.269 e. The third kappa shape index (κ3) is 3.67. The maximum Gasteiger partial charge on any atom is 0.269 e. The van der Waals surface area contributed by atoms with Crippen molar-refractivity contribution in [3.63, 3.8) is 0 Å². The van der Waals surface area contributed by atoms with Crippen LogP contribution in [-0.4, -0.2) is 47.3 Å². The van der Waals surface area contributed by atoms with Crippen LogP contribution in [0.1, 0.15) is 6.42 Å². The monoisotopic (exact) mass is 330 g/mol. The zero-order valence-corrected chi connectivity index (χ0v) is 12.9. The molecule has 24 heavy (non-hydrogen) atoms. The predicted molar refractivity (Wildman–Crippen MR) is 86.4 cm³/mol. The molecular weight excluding hydrogens is 312 g/mol. The van der Waals surface area contributed by atoms with Crippen molar-refractivity contribution < 1.29 is 19.5 Å². The molecule has 0 bridgehead atoms. The van der Waals surface area contributed by atoms with E-state index in [1.54, 1.807) is 6.20 Å². The Morgan fingerprint density at radius 2 is 2.17 bits per heavy atom. The number of pyridine rings is 1. The molecule has 8 nitrogen and oxygen atoms in total. The van der Waals surface area contributed by atoms with E-state index in [1.165, 1.54) is 5.48 Å². The zero-order chi connectivity index (χ0) is 16.9. The summed E-state index contributed by atoms with van der Waals surface area (Å²) in [7, 11) is 0. The number of nitrogens with one attached hydrogen (secondary N) is 3. The first-order chi connectivity index (χ1) is 11.7. The molecule has 0 saturated carbocycles. The van der Waals surface area contributed by atoms with E-state index < -0.39 is 11.9 Å². The van der Waals surface area contributed by atoms with Gasteiger partial charge in [0.15, 0.2) is 0 Å². The molecule has 1 fully saturated rings. The number of hydrogen-bond acceptors (Lipinski definition) is 6. The Hall–Kier alpha value is -2.55. The molecule has 0 aliphatic carbocycles. The minimum absolute atomic E-state index is 0.175. The van der Waals surface area contributed by atoms with Gasteiger partial charge in [-0.15, -0.1) is 0 Å². The van der Waals surface area contributed by atoms with Gasteiger partial charge in [-0.05, 0) is 18.6 Å². The molecule has 8 heteroatoms. The van der Waals surface area contributed by atoms with E-state index in [2.05, 4.69) is 15.6 Å². The van der Waals surface area contributed by atoms with Crippen LogP contribution in [0.2, 0.25) is 0 Å². The lowest BCUT2D eigenvalue weighted by Crippen LogP contribution is -2.35. The summed E-state index contributed by atoms with van der Waals surface area (Å²) in [4.78, 5) is 27.7. The van der Waals surface area contributed by atoms with Crippen LogP contribution < -0.4 is 16.1 Å². The summed E-state index contributed by atoms with van der Waals surface area (Å²) in [5.74, 6) is -0.796. The summed E-state index contributed by atoms with van der Waals surface area (Å²) in [6, 6.07) is 8.97. The van der Waals surface area contributed by atoms with E-state index in [9.17, 15) is 9.59 Å². The Morgan fingerprint density at radius 3 is 3.00 bits per heavy atom. The third-order valence-electron chi connectivity index (χ3n) is 3.87. The Kier molecular flexibility index (Phi) is 4.99. The Balaban J connectivity index is 1.60. The van der Waals surface area contributed by atoms with E-state index in [1.807, 2.05) is 30.3 Å². The molecule has 0 radical (unpaired) electrons. The number of carbonyl (C=O) groups is 2. The number of carbonyl (C=O) groups excluding carboxylic acids is 2. The Morgan fingerprint density at radius 1 is 1.33 bits per heavy atom. The largest absolute Gasteiger partial charge is 0.367 e. The maximum atomic E-state index is 12.4. The third-order valence-corrected chi connectivity index (χ3v) is 3.87. The van der Waals surface area contributed by atoms with E-state index in [0.717, 1.165) is 10.9 Å². The summed E-state index contributed by atoms with van der Waals surface area (Å²) in [6.45, 7) is 0.217. The van der Waals surface area contributed by atoms with Gasteiger partial charge in [0.05, 0.1) is 23.3 Å². The van der Waals surface area contributed by atoms with Crippen LogP contribution in [0, 0.1) is 0 Å². The zero-order valence-electron chi connectivity index (χ0n) is 12.9. The number of benzene rings is 1. The summed E-state index contributed by atoms with van der Waals surface area (Å²) in [5, 5.41) is 15.3. The van der Waals surface area contributed by atoms with Crippen molar-refractivity contribution >= 4 is 28.4 Å². The summed E-state index contributed by atoms with van der Waals surface area (Å²) in [5.41, 5.74) is 2.89. The molecule has 1 saturated heterocycles. The van der Waals surface area contributed by atoms with E-state index in [-0.39, 0.29) is 18.6 Å². The van der Waals surface area contributed by atoms with Gasteiger partial charge in [0.1, 0.15) is 6.61 Å². The molecule has 1 aromatic heterocycles. The normalized spacial score (nSPS) is 20.0. The van der Waals surface area contributed by atoms with Gasteiger partial charge >= 0.3 is 0 Å². The second-order valence-corrected chi connectivity index (χ2v) is 5.53. The van der Waals surface area contributed by atoms with Gasteiger partial charge in [-0.3, -0.25) is 19.8 Å². The molecule has 0 spiro atoms. The number of amides is 2. The second kappa shape index (κ2) is 7.35. The fourth-order valence-electron chi connectivity index (χ4n) is 2.68. The molecular formula is C16H18N4O4. The lowest BCUT2D eigenvalue weighted by atomic mass is 10.1. The number of hydrogen-bond donors (Lipinski definition) is 4. The number of rotatable bonds is 5. The van der Waals surface area contributed by atoms with Crippen LogP contribution in [-0.2, 0) is 14.3 Å². The first kappa shape index (κ1) is 16.3. The first-order valence-corrected chi connectivity index (χ1v) is 7.60. The highest BCUT2D eigenvalue weighted by Crippen LogP contribution is 2.21.